The number of methoxy groups -OCH3 is 1. The zero-order valence-corrected chi connectivity index (χ0v) is 20.0. The third-order valence-corrected chi connectivity index (χ3v) is 5.79. The van der Waals surface area contributed by atoms with Crippen LogP contribution in [-0.4, -0.2) is 29.2 Å². The van der Waals surface area contributed by atoms with Crippen molar-refractivity contribution in [2.75, 3.05) is 13.7 Å². The van der Waals surface area contributed by atoms with Crippen molar-refractivity contribution in [3.63, 3.8) is 0 Å². The van der Waals surface area contributed by atoms with Crippen molar-refractivity contribution < 1.29 is 14.3 Å². The number of fused-ring (bicyclic) bond motifs is 1. The lowest BCUT2D eigenvalue weighted by atomic mass is 10.1. The topological polar surface area (TPSA) is 65.4 Å². The van der Waals surface area contributed by atoms with Crippen molar-refractivity contribution in [2.24, 2.45) is 0 Å². The molecule has 176 valence electrons. The van der Waals surface area contributed by atoms with Gasteiger partial charge >= 0.3 is 0 Å². The quantitative estimate of drug-likeness (QED) is 0.310. The molecule has 1 atom stereocenters. The smallest absolute Gasteiger partial charge is 0.251 e. The van der Waals surface area contributed by atoms with E-state index in [2.05, 4.69) is 16.0 Å². The molecule has 0 spiro atoms. The zero-order valence-electron chi connectivity index (χ0n) is 20.0. The minimum atomic E-state index is -0.228. The van der Waals surface area contributed by atoms with Crippen LogP contribution in [-0.2, 0) is 6.54 Å². The average molecular weight is 458 g/mol. The minimum absolute atomic E-state index is 0.0958. The van der Waals surface area contributed by atoms with E-state index < -0.39 is 0 Å². The van der Waals surface area contributed by atoms with Crippen LogP contribution in [0.15, 0.2) is 72.8 Å². The molecule has 0 saturated carbocycles. The van der Waals surface area contributed by atoms with Crippen LogP contribution in [0.25, 0.3) is 11.0 Å². The summed E-state index contributed by atoms with van der Waals surface area (Å²) in [5.74, 6) is 2.35. The van der Waals surface area contributed by atoms with Crippen LogP contribution in [0, 0.1) is 6.92 Å². The van der Waals surface area contributed by atoms with Crippen molar-refractivity contribution >= 4 is 16.9 Å². The highest BCUT2D eigenvalue weighted by molar-refractivity contribution is 5.94. The highest BCUT2D eigenvalue weighted by atomic mass is 16.5. The number of aromatic nitrogens is 2. The van der Waals surface area contributed by atoms with Gasteiger partial charge in [-0.2, -0.15) is 0 Å². The number of ether oxygens (including phenoxy) is 2. The number of carbonyl (C=O) groups is 1. The molecule has 0 aliphatic heterocycles. The number of nitrogens with one attached hydrogen (secondary N) is 1. The molecule has 0 saturated heterocycles. The van der Waals surface area contributed by atoms with Gasteiger partial charge in [-0.3, -0.25) is 4.79 Å². The van der Waals surface area contributed by atoms with Crippen LogP contribution in [0.1, 0.15) is 47.6 Å². The Hall–Kier alpha value is -3.80. The van der Waals surface area contributed by atoms with E-state index in [0.29, 0.717) is 12.2 Å². The van der Waals surface area contributed by atoms with E-state index in [4.69, 9.17) is 14.5 Å². The van der Waals surface area contributed by atoms with Crippen molar-refractivity contribution in [3.8, 4) is 11.5 Å². The molecule has 4 aromatic rings. The number of imidazole rings is 1. The zero-order chi connectivity index (χ0) is 23.9. The highest BCUT2D eigenvalue weighted by Crippen LogP contribution is 2.23. The third kappa shape index (κ3) is 5.57. The summed E-state index contributed by atoms with van der Waals surface area (Å²) in [5, 5.41) is 3.12. The fourth-order valence-corrected chi connectivity index (χ4v) is 4.04. The fourth-order valence-electron chi connectivity index (χ4n) is 4.04. The van der Waals surface area contributed by atoms with Gasteiger partial charge in [0.25, 0.3) is 5.91 Å². The van der Waals surface area contributed by atoms with Gasteiger partial charge in [-0.25, -0.2) is 4.98 Å². The first-order valence-corrected chi connectivity index (χ1v) is 11.6. The first-order valence-electron chi connectivity index (χ1n) is 11.6. The third-order valence-electron chi connectivity index (χ3n) is 5.79. The summed E-state index contributed by atoms with van der Waals surface area (Å²) in [4.78, 5) is 17.7. The molecule has 34 heavy (non-hydrogen) atoms. The standard InChI is InChI=1S/C28H31N3O3/c1-20-10-8-11-22(18-20)28(32)29-21(2)27-30-25-14-4-5-15-26(25)31(27)16-6-7-17-34-24-13-9-12-23(19-24)33-3/h4-5,8-15,18-19,21H,6-7,16-17H2,1-3H3,(H,29,32). The van der Waals surface area contributed by atoms with Gasteiger partial charge < -0.3 is 19.4 Å². The first-order chi connectivity index (χ1) is 16.5. The summed E-state index contributed by atoms with van der Waals surface area (Å²) in [6.45, 7) is 5.38. The van der Waals surface area contributed by atoms with E-state index in [-0.39, 0.29) is 11.9 Å². The summed E-state index contributed by atoms with van der Waals surface area (Å²) in [5.41, 5.74) is 3.72. The summed E-state index contributed by atoms with van der Waals surface area (Å²) < 4.78 is 13.3. The molecule has 4 rings (SSSR count). The molecular weight excluding hydrogens is 426 g/mol. The van der Waals surface area contributed by atoms with Gasteiger partial charge in [0.2, 0.25) is 0 Å². The van der Waals surface area contributed by atoms with Crippen LogP contribution in [0.5, 0.6) is 11.5 Å². The van der Waals surface area contributed by atoms with Crippen LogP contribution < -0.4 is 14.8 Å². The SMILES string of the molecule is COc1cccc(OCCCCn2c(C(C)NC(=O)c3cccc(C)c3)nc3ccccc32)c1. The average Bonchev–Trinajstić information content (AvgIpc) is 3.22. The Balaban J connectivity index is 1.41. The van der Waals surface area contributed by atoms with E-state index >= 15 is 0 Å². The Morgan fingerprint density at radius 1 is 1.00 bits per heavy atom. The Labute approximate surface area is 200 Å². The molecule has 6 nitrogen and oxygen atoms in total. The maximum absolute atomic E-state index is 12.8. The number of benzene rings is 3. The molecule has 1 N–H and O–H groups in total. The van der Waals surface area contributed by atoms with Gasteiger partial charge in [0.15, 0.2) is 0 Å². The molecule has 3 aromatic carbocycles. The molecule has 0 radical (unpaired) electrons. The van der Waals surface area contributed by atoms with E-state index in [0.717, 1.165) is 53.3 Å². The predicted molar refractivity (Wildman–Crippen MR) is 135 cm³/mol. The summed E-state index contributed by atoms with van der Waals surface area (Å²) >= 11 is 0. The van der Waals surface area contributed by atoms with Gasteiger partial charge in [0, 0.05) is 18.2 Å². The molecule has 0 aliphatic rings. The first kappa shape index (κ1) is 23.4. The number of rotatable bonds is 10. The van der Waals surface area contributed by atoms with Gasteiger partial charge in [-0.05, 0) is 63.1 Å². The number of carbonyl (C=O) groups excluding carboxylic acids is 1. The van der Waals surface area contributed by atoms with Crippen LogP contribution in [0.4, 0.5) is 0 Å². The largest absolute Gasteiger partial charge is 0.497 e. The Bertz CT molecular complexity index is 1260. The molecule has 1 amide bonds. The Morgan fingerprint density at radius 2 is 1.79 bits per heavy atom. The molecular formula is C28H31N3O3. The summed E-state index contributed by atoms with van der Waals surface area (Å²) in [6, 6.07) is 23.1. The highest BCUT2D eigenvalue weighted by Gasteiger charge is 2.19. The lowest BCUT2D eigenvalue weighted by Crippen LogP contribution is -2.28. The van der Waals surface area contributed by atoms with Gasteiger partial charge in [0.05, 0.1) is 30.8 Å². The van der Waals surface area contributed by atoms with Crippen LogP contribution >= 0.6 is 0 Å². The number of para-hydroxylation sites is 2. The number of aryl methyl sites for hydroxylation is 2. The maximum Gasteiger partial charge on any atom is 0.251 e. The van der Waals surface area contributed by atoms with Crippen molar-refractivity contribution in [3.05, 3.63) is 89.7 Å². The lowest BCUT2D eigenvalue weighted by Gasteiger charge is -2.17. The number of nitrogens with zero attached hydrogens (tertiary/aromatic N) is 2. The second-order valence-electron chi connectivity index (χ2n) is 8.41. The van der Waals surface area contributed by atoms with Crippen LogP contribution in [0.3, 0.4) is 0 Å². The number of unbranched alkanes of at least 4 members (excludes halogenated alkanes) is 1. The lowest BCUT2D eigenvalue weighted by molar-refractivity contribution is 0.0937. The van der Waals surface area contributed by atoms with E-state index in [1.54, 1.807) is 7.11 Å². The summed E-state index contributed by atoms with van der Waals surface area (Å²) in [7, 11) is 1.65. The van der Waals surface area contributed by atoms with Crippen LogP contribution in [0.2, 0.25) is 0 Å². The Morgan fingerprint density at radius 3 is 2.62 bits per heavy atom. The molecule has 0 fully saturated rings. The molecule has 1 aromatic heterocycles. The predicted octanol–water partition coefficient (Wildman–Crippen LogP) is 5.70. The van der Waals surface area contributed by atoms with Crippen molar-refractivity contribution in [1.29, 1.82) is 0 Å². The number of hydrogen-bond acceptors (Lipinski definition) is 4. The molecule has 1 unspecified atom stereocenters. The van der Waals surface area contributed by atoms with Gasteiger partial charge in [0.1, 0.15) is 17.3 Å². The van der Waals surface area contributed by atoms with E-state index in [1.165, 1.54) is 0 Å². The van der Waals surface area contributed by atoms with Crippen molar-refractivity contribution in [2.45, 2.75) is 39.3 Å². The second-order valence-corrected chi connectivity index (χ2v) is 8.41. The van der Waals surface area contributed by atoms with Crippen molar-refractivity contribution in [1.82, 2.24) is 14.9 Å². The van der Waals surface area contributed by atoms with Gasteiger partial charge in [-0.1, -0.05) is 35.9 Å². The summed E-state index contributed by atoms with van der Waals surface area (Å²) in [6.07, 6.45) is 1.82. The molecule has 1 heterocycles. The Kier molecular flexibility index (Phi) is 7.48. The van der Waals surface area contributed by atoms with E-state index in [1.807, 2.05) is 80.6 Å². The second kappa shape index (κ2) is 10.9. The molecule has 0 aliphatic carbocycles. The maximum atomic E-state index is 12.8. The normalized spacial score (nSPS) is 11.9. The number of hydrogen-bond donors (Lipinski definition) is 1. The number of amides is 1. The van der Waals surface area contributed by atoms with Gasteiger partial charge in [-0.15, -0.1) is 0 Å². The monoisotopic (exact) mass is 457 g/mol. The fraction of sp³-hybridized carbons (Fsp3) is 0.286. The minimum Gasteiger partial charge on any atom is -0.497 e. The van der Waals surface area contributed by atoms with E-state index in [9.17, 15) is 4.79 Å². The molecule has 0 bridgehead atoms. The molecule has 6 heteroatoms.